The van der Waals surface area contributed by atoms with Gasteiger partial charge >= 0.3 is 6.18 Å². The lowest BCUT2D eigenvalue weighted by Gasteiger charge is -2.14. The highest BCUT2D eigenvalue weighted by Crippen LogP contribution is 2.31. The van der Waals surface area contributed by atoms with Gasteiger partial charge in [0.15, 0.2) is 0 Å². The molecule has 1 aromatic carbocycles. The summed E-state index contributed by atoms with van der Waals surface area (Å²) in [7, 11) is 0. The number of allylic oxidation sites excluding steroid dienone is 1. The summed E-state index contributed by atoms with van der Waals surface area (Å²) in [5, 5.41) is 0. The highest BCUT2D eigenvalue weighted by Gasteiger charge is 2.32. The zero-order valence-electron chi connectivity index (χ0n) is 10.5. The molecule has 0 aliphatic carbocycles. The van der Waals surface area contributed by atoms with Gasteiger partial charge in [-0.15, -0.1) is 6.58 Å². The van der Waals surface area contributed by atoms with Crippen LogP contribution < -0.4 is 5.56 Å². The van der Waals surface area contributed by atoms with Crippen LogP contribution in [0, 0.1) is 0 Å². The fourth-order valence-electron chi connectivity index (χ4n) is 1.93. The molecule has 0 bridgehead atoms. The molecule has 104 valence electrons. The Hall–Kier alpha value is -2.30. The second-order valence-corrected chi connectivity index (χ2v) is 4.23. The molecule has 2 nitrogen and oxygen atoms in total. The maximum absolute atomic E-state index is 12.8. The van der Waals surface area contributed by atoms with Gasteiger partial charge in [0.25, 0.3) is 5.56 Å². The van der Waals surface area contributed by atoms with E-state index in [1.807, 2.05) is 0 Å². The fourth-order valence-corrected chi connectivity index (χ4v) is 1.93. The number of pyridine rings is 1. The Morgan fingerprint density at radius 1 is 1.15 bits per heavy atom. The quantitative estimate of drug-likeness (QED) is 0.785. The number of alkyl halides is 3. The first-order valence-corrected chi connectivity index (χ1v) is 5.92. The largest absolute Gasteiger partial charge is 0.416 e. The zero-order chi connectivity index (χ0) is 14.8. The summed E-state index contributed by atoms with van der Waals surface area (Å²) in [5.74, 6) is 0. The summed E-state index contributed by atoms with van der Waals surface area (Å²) in [5.41, 5.74) is -0.858. The summed E-state index contributed by atoms with van der Waals surface area (Å²) in [6.45, 7) is 3.68. The van der Waals surface area contributed by atoms with Crippen molar-refractivity contribution < 1.29 is 13.2 Å². The van der Waals surface area contributed by atoms with Crippen LogP contribution in [0.1, 0.15) is 5.56 Å². The van der Waals surface area contributed by atoms with Gasteiger partial charge in [0.1, 0.15) is 0 Å². The van der Waals surface area contributed by atoms with E-state index in [0.717, 1.165) is 6.07 Å². The van der Waals surface area contributed by atoms with Gasteiger partial charge in [-0.2, -0.15) is 13.2 Å². The molecule has 0 fully saturated rings. The van der Waals surface area contributed by atoms with Crippen LogP contribution in [0.2, 0.25) is 0 Å². The molecule has 2 aromatic rings. The van der Waals surface area contributed by atoms with Gasteiger partial charge in [-0.25, -0.2) is 0 Å². The predicted octanol–water partition coefficient (Wildman–Crippen LogP) is 3.72. The van der Waals surface area contributed by atoms with Crippen molar-refractivity contribution in [3.8, 4) is 11.3 Å². The Morgan fingerprint density at radius 2 is 1.80 bits per heavy atom. The minimum Gasteiger partial charge on any atom is -0.304 e. The molecule has 0 saturated carbocycles. The summed E-state index contributed by atoms with van der Waals surface area (Å²) >= 11 is 0. The van der Waals surface area contributed by atoms with Gasteiger partial charge in [-0.05, 0) is 11.6 Å². The van der Waals surface area contributed by atoms with E-state index in [9.17, 15) is 18.0 Å². The SMILES string of the molecule is C=CCn1c(-c2ccccc2)cc(C(F)(F)F)cc1=O. The molecular formula is C15H12F3NO. The molecule has 0 N–H and O–H groups in total. The van der Waals surface area contributed by atoms with E-state index in [-0.39, 0.29) is 12.2 Å². The molecule has 0 atom stereocenters. The normalized spacial score (nSPS) is 11.3. The predicted molar refractivity (Wildman–Crippen MR) is 71.3 cm³/mol. The molecule has 1 aromatic heterocycles. The summed E-state index contributed by atoms with van der Waals surface area (Å²) < 4.78 is 39.7. The molecule has 2 rings (SSSR count). The van der Waals surface area contributed by atoms with E-state index in [4.69, 9.17) is 0 Å². The van der Waals surface area contributed by atoms with Crippen molar-refractivity contribution in [1.82, 2.24) is 4.57 Å². The molecule has 0 unspecified atom stereocenters. The Bertz CT molecular complexity index is 672. The third kappa shape index (κ3) is 2.82. The summed E-state index contributed by atoms with van der Waals surface area (Å²) in [6, 6.07) is 10.1. The van der Waals surface area contributed by atoms with Crippen LogP contribution in [0.15, 0.2) is 59.9 Å². The lowest BCUT2D eigenvalue weighted by molar-refractivity contribution is -0.137. The van der Waals surface area contributed by atoms with Crippen LogP contribution in [-0.4, -0.2) is 4.57 Å². The van der Waals surface area contributed by atoms with E-state index >= 15 is 0 Å². The van der Waals surface area contributed by atoms with E-state index in [2.05, 4.69) is 6.58 Å². The van der Waals surface area contributed by atoms with Crippen molar-refractivity contribution in [2.75, 3.05) is 0 Å². The number of aromatic nitrogens is 1. The van der Waals surface area contributed by atoms with Crippen molar-refractivity contribution in [1.29, 1.82) is 0 Å². The maximum atomic E-state index is 12.8. The second kappa shape index (κ2) is 5.36. The molecule has 0 spiro atoms. The Kier molecular flexibility index (Phi) is 3.79. The first-order chi connectivity index (χ1) is 9.43. The number of rotatable bonds is 3. The number of halogens is 3. The lowest BCUT2D eigenvalue weighted by Crippen LogP contribution is -2.23. The van der Waals surface area contributed by atoms with Crippen molar-refractivity contribution in [3.63, 3.8) is 0 Å². The topological polar surface area (TPSA) is 22.0 Å². The van der Waals surface area contributed by atoms with Crippen LogP contribution in [0.3, 0.4) is 0 Å². The van der Waals surface area contributed by atoms with Crippen LogP contribution >= 0.6 is 0 Å². The van der Waals surface area contributed by atoms with E-state index in [1.165, 1.54) is 10.6 Å². The van der Waals surface area contributed by atoms with Crippen molar-refractivity contribution in [2.45, 2.75) is 12.7 Å². The van der Waals surface area contributed by atoms with Crippen LogP contribution in [0.4, 0.5) is 13.2 Å². The van der Waals surface area contributed by atoms with Gasteiger partial charge in [0.05, 0.1) is 11.3 Å². The van der Waals surface area contributed by atoms with Crippen LogP contribution in [0.5, 0.6) is 0 Å². The molecule has 0 radical (unpaired) electrons. The third-order valence-corrected chi connectivity index (χ3v) is 2.84. The van der Waals surface area contributed by atoms with E-state index < -0.39 is 17.3 Å². The first-order valence-electron chi connectivity index (χ1n) is 5.92. The molecule has 0 amide bonds. The van der Waals surface area contributed by atoms with Gasteiger partial charge in [-0.1, -0.05) is 36.4 Å². The van der Waals surface area contributed by atoms with Gasteiger partial charge in [-0.3, -0.25) is 4.79 Å². The van der Waals surface area contributed by atoms with Crippen molar-refractivity contribution in [3.05, 3.63) is 71.0 Å². The molecule has 0 saturated heterocycles. The molecular weight excluding hydrogens is 267 g/mol. The average Bonchev–Trinajstić information content (AvgIpc) is 2.41. The van der Waals surface area contributed by atoms with Crippen molar-refractivity contribution >= 4 is 0 Å². The fraction of sp³-hybridized carbons (Fsp3) is 0.133. The molecule has 1 heterocycles. The summed E-state index contributed by atoms with van der Waals surface area (Å²) in [6.07, 6.45) is -3.07. The smallest absolute Gasteiger partial charge is 0.304 e. The highest BCUT2D eigenvalue weighted by atomic mass is 19.4. The molecule has 0 aliphatic rings. The summed E-state index contributed by atoms with van der Waals surface area (Å²) in [4.78, 5) is 11.9. The number of nitrogens with zero attached hydrogens (tertiary/aromatic N) is 1. The minimum atomic E-state index is -4.55. The second-order valence-electron chi connectivity index (χ2n) is 4.23. The van der Waals surface area contributed by atoms with E-state index in [0.29, 0.717) is 11.6 Å². The standard InChI is InChI=1S/C15H12F3NO/c1-2-8-19-13(11-6-4-3-5-7-11)9-12(10-14(19)20)15(16,17)18/h2-7,9-10H,1,8H2. The van der Waals surface area contributed by atoms with Gasteiger partial charge < -0.3 is 4.57 Å². The number of hydrogen-bond donors (Lipinski definition) is 0. The van der Waals surface area contributed by atoms with E-state index in [1.54, 1.807) is 30.3 Å². The Balaban J connectivity index is 2.72. The average molecular weight is 279 g/mol. The third-order valence-electron chi connectivity index (χ3n) is 2.84. The number of benzene rings is 1. The van der Waals surface area contributed by atoms with Gasteiger partial charge in [0.2, 0.25) is 0 Å². The molecule has 20 heavy (non-hydrogen) atoms. The Morgan fingerprint density at radius 3 is 2.35 bits per heavy atom. The molecule has 5 heteroatoms. The number of hydrogen-bond acceptors (Lipinski definition) is 1. The first kappa shape index (κ1) is 14.1. The monoisotopic (exact) mass is 279 g/mol. The molecule has 0 aliphatic heterocycles. The van der Waals surface area contributed by atoms with Gasteiger partial charge in [0, 0.05) is 12.6 Å². The van der Waals surface area contributed by atoms with Crippen molar-refractivity contribution in [2.24, 2.45) is 0 Å². The highest BCUT2D eigenvalue weighted by molar-refractivity contribution is 5.60. The maximum Gasteiger partial charge on any atom is 0.416 e. The Labute approximate surface area is 113 Å². The van der Waals surface area contributed by atoms with Crippen LogP contribution in [0.25, 0.3) is 11.3 Å². The zero-order valence-corrected chi connectivity index (χ0v) is 10.5. The lowest BCUT2D eigenvalue weighted by atomic mass is 10.1. The minimum absolute atomic E-state index is 0.154. The van der Waals surface area contributed by atoms with Crippen LogP contribution in [-0.2, 0) is 12.7 Å².